The molecule has 1 aliphatic carbocycles. The summed E-state index contributed by atoms with van der Waals surface area (Å²) in [5.41, 5.74) is -0.301. The maximum Gasteiger partial charge on any atom is 0.256 e. The number of nitrogens with one attached hydrogen (secondary N) is 1. The fourth-order valence-corrected chi connectivity index (χ4v) is 4.70. The van der Waals surface area contributed by atoms with Crippen LogP contribution in [0.1, 0.15) is 56.3 Å². The van der Waals surface area contributed by atoms with E-state index in [1.165, 1.54) is 0 Å². The van der Waals surface area contributed by atoms with Crippen LogP contribution in [0.3, 0.4) is 0 Å². The second kappa shape index (κ2) is 8.99. The first-order valence-corrected chi connectivity index (χ1v) is 11.5. The molecule has 2 heterocycles. The van der Waals surface area contributed by atoms with Gasteiger partial charge in [0, 0.05) is 44.0 Å². The maximum atomic E-state index is 13.5. The topological polar surface area (TPSA) is 79.0 Å². The van der Waals surface area contributed by atoms with E-state index in [1.54, 1.807) is 17.0 Å². The first-order chi connectivity index (χ1) is 14.9. The average molecular weight is 428 g/mol. The van der Waals surface area contributed by atoms with Crippen LogP contribution in [0.25, 0.3) is 0 Å². The highest BCUT2D eigenvalue weighted by Crippen LogP contribution is 2.39. The summed E-state index contributed by atoms with van der Waals surface area (Å²) >= 11 is 0. The molecule has 1 unspecified atom stereocenters. The predicted molar refractivity (Wildman–Crippen MR) is 116 cm³/mol. The fraction of sp³-hybridized carbons (Fsp3) is 0.625. The monoisotopic (exact) mass is 427 g/mol. The second-order valence-corrected chi connectivity index (χ2v) is 9.41. The molecule has 31 heavy (non-hydrogen) atoms. The van der Waals surface area contributed by atoms with Gasteiger partial charge in [-0.3, -0.25) is 19.3 Å². The van der Waals surface area contributed by atoms with Gasteiger partial charge in [0.2, 0.25) is 11.8 Å². The highest BCUT2D eigenvalue weighted by atomic mass is 16.5. The molecule has 0 radical (unpaired) electrons. The Morgan fingerprint density at radius 3 is 2.39 bits per heavy atom. The van der Waals surface area contributed by atoms with Crippen LogP contribution in [0.15, 0.2) is 30.3 Å². The van der Waals surface area contributed by atoms with Gasteiger partial charge in [0.15, 0.2) is 0 Å². The quantitative estimate of drug-likeness (QED) is 0.783. The molecule has 0 aromatic heterocycles. The minimum Gasteiger partial charge on any atom is -0.354 e. The smallest absolute Gasteiger partial charge is 0.256 e. The summed E-state index contributed by atoms with van der Waals surface area (Å²) in [6.07, 6.45) is 4.14. The maximum absolute atomic E-state index is 13.5. The van der Waals surface area contributed by atoms with E-state index < -0.39 is 11.8 Å². The molecule has 1 saturated carbocycles. The number of ether oxygens (including phenoxy) is 1. The van der Waals surface area contributed by atoms with Crippen LogP contribution < -0.4 is 5.32 Å². The van der Waals surface area contributed by atoms with Crippen molar-refractivity contribution in [1.29, 1.82) is 0 Å². The van der Waals surface area contributed by atoms with E-state index in [0.29, 0.717) is 44.0 Å². The largest absolute Gasteiger partial charge is 0.354 e. The van der Waals surface area contributed by atoms with Crippen molar-refractivity contribution in [2.75, 3.05) is 26.2 Å². The first-order valence-electron chi connectivity index (χ1n) is 11.5. The van der Waals surface area contributed by atoms with Crippen molar-refractivity contribution in [2.45, 2.75) is 57.7 Å². The number of carbonyl (C=O) groups excluding carboxylic acids is 3. The lowest BCUT2D eigenvalue weighted by Gasteiger charge is -2.45. The third-order valence-electron chi connectivity index (χ3n) is 6.80. The Hall–Kier alpha value is -2.41. The number of benzene rings is 1. The van der Waals surface area contributed by atoms with Gasteiger partial charge in [0.05, 0.1) is 6.61 Å². The van der Waals surface area contributed by atoms with Gasteiger partial charge in [-0.25, -0.2) is 0 Å². The van der Waals surface area contributed by atoms with Gasteiger partial charge in [0.1, 0.15) is 11.8 Å². The SMILES string of the molecule is CC(C)CNC(=O)C1COC2(CCN(C(=O)C3CCC3)CC2)N1C(=O)c1ccccc1. The molecule has 168 valence electrons. The van der Waals surface area contributed by atoms with Gasteiger partial charge in [-0.05, 0) is 30.9 Å². The molecule has 0 bridgehead atoms. The summed E-state index contributed by atoms with van der Waals surface area (Å²) in [7, 11) is 0. The summed E-state index contributed by atoms with van der Waals surface area (Å²) in [6, 6.07) is 8.39. The highest BCUT2D eigenvalue weighted by Gasteiger charge is 2.54. The standard InChI is InChI=1S/C24H33N3O4/c1-17(2)15-25-21(28)20-16-31-24(27(20)23(30)19-7-4-3-5-8-19)11-13-26(14-12-24)22(29)18-9-6-10-18/h3-5,7-8,17-18,20H,6,9-16H2,1-2H3,(H,25,28). The summed E-state index contributed by atoms with van der Waals surface area (Å²) in [5.74, 6) is 0.338. The lowest BCUT2D eigenvalue weighted by molar-refractivity contribution is -0.149. The second-order valence-electron chi connectivity index (χ2n) is 9.41. The van der Waals surface area contributed by atoms with Crippen molar-refractivity contribution in [3.63, 3.8) is 0 Å². The van der Waals surface area contributed by atoms with Crippen LogP contribution in [0.2, 0.25) is 0 Å². The Labute approximate surface area is 184 Å². The van der Waals surface area contributed by atoms with E-state index in [-0.39, 0.29) is 30.2 Å². The minimum absolute atomic E-state index is 0.162. The zero-order chi connectivity index (χ0) is 22.0. The third-order valence-corrected chi connectivity index (χ3v) is 6.80. The number of nitrogens with zero attached hydrogens (tertiary/aromatic N) is 2. The van der Waals surface area contributed by atoms with Crippen LogP contribution >= 0.6 is 0 Å². The molecule has 1 aromatic rings. The van der Waals surface area contributed by atoms with E-state index in [2.05, 4.69) is 5.32 Å². The number of amides is 3. The summed E-state index contributed by atoms with van der Waals surface area (Å²) < 4.78 is 6.21. The van der Waals surface area contributed by atoms with Crippen molar-refractivity contribution in [1.82, 2.24) is 15.1 Å². The van der Waals surface area contributed by atoms with Gasteiger partial charge < -0.3 is 15.0 Å². The molecule has 4 rings (SSSR count). The van der Waals surface area contributed by atoms with Crippen molar-refractivity contribution in [3.05, 3.63) is 35.9 Å². The third kappa shape index (κ3) is 4.33. The van der Waals surface area contributed by atoms with Crippen molar-refractivity contribution in [3.8, 4) is 0 Å². The zero-order valence-corrected chi connectivity index (χ0v) is 18.5. The van der Waals surface area contributed by atoms with Gasteiger partial charge in [-0.15, -0.1) is 0 Å². The Morgan fingerprint density at radius 1 is 1.13 bits per heavy atom. The average Bonchev–Trinajstić information content (AvgIpc) is 3.10. The number of piperidine rings is 1. The van der Waals surface area contributed by atoms with Crippen molar-refractivity contribution in [2.24, 2.45) is 11.8 Å². The number of hydrogen-bond donors (Lipinski definition) is 1. The van der Waals surface area contributed by atoms with Crippen molar-refractivity contribution >= 4 is 17.7 Å². The summed E-state index contributed by atoms with van der Waals surface area (Å²) in [5, 5.41) is 2.96. The van der Waals surface area contributed by atoms with Crippen LogP contribution in [-0.4, -0.2) is 65.5 Å². The molecule has 7 heteroatoms. The molecule has 3 amide bonds. The van der Waals surface area contributed by atoms with Gasteiger partial charge in [-0.2, -0.15) is 0 Å². The van der Waals surface area contributed by atoms with E-state index in [4.69, 9.17) is 4.74 Å². The summed E-state index contributed by atoms with van der Waals surface area (Å²) in [6.45, 7) is 5.91. The Morgan fingerprint density at radius 2 is 1.81 bits per heavy atom. The Bertz CT molecular complexity index is 813. The molecule has 3 fully saturated rings. The first kappa shape index (κ1) is 21.8. The predicted octanol–water partition coefficient (Wildman–Crippen LogP) is 2.42. The number of carbonyl (C=O) groups is 3. The van der Waals surface area contributed by atoms with E-state index in [9.17, 15) is 14.4 Å². The molecule has 1 N–H and O–H groups in total. The molecular weight excluding hydrogens is 394 g/mol. The number of rotatable bonds is 5. The normalized spacial score (nSPS) is 23.1. The molecule has 1 spiro atoms. The number of likely N-dealkylation sites (tertiary alicyclic amines) is 1. The lowest BCUT2D eigenvalue weighted by Crippen LogP contribution is -2.60. The van der Waals surface area contributed by atoms with E-state index in [1.807, 2.05) is 36.9 Å². The van der Waals surface area contributed by atoms with Gasteiger partial charge >= 0.3 is 0 Å². The van der Waals surface area contributed by atoms with Crippen molar-refractivity contribution < 1.29 is 19.1 Å². The lowest BCUT2D eigenvalue weighted by atomic mass is 9.83. The molecule has 1 atom stereocenters. The van der Waals surface area contributed by atoms with Crippen LogP contribution in [0.4, 0.5) is 0 Å². The zero-order valence-electron chi connectivity index (χ0n) is 18.5. The molecule has 7 nitrogen and oxygen atoms in total. The fourth-order valence-electron chi connectivity index (χ4n) is 4.70. The molecule has 1 aromatic carbocycles. The highest BCUT2D eigenvalue weighted by molar-refractivity contribution is 5.98. The van der Waals surface area contributed by atoms with Crippen LogP contribution in [0.5, 0.6) is 0 Å². The molecule has 2 aliphatic heterocycles. The minimum atomic E-state index is -0.844. The van der Waals surface area contributed by atoms with Crippen LogP contribution in [-0.2, 0) is 14.3 Å². The Kier molecular flexibility index (Phi) is 6.32. The molecular formula is C24H33N3O4. The van der Waals surface area contributed by atoms with Gasteiger partial charge in [-0.1, -0.05) is 38.5 Å². The molecule has 3 aliphatic rings. The van der Waals surface area contributed by atoms with E-state index in [0.717, 1.165) is 19.3 Å². The Balaban J connectivity index is 1.54. The number of hydrogen-bond acceptors (Lipinski definition) is 4. The summed E-state index contributed by atoms with van der Waals surface area (Å²) in [4.78, 5) is 42.8. The molecule has 2 saturated heterocycles. The van der Waals surface area contributed by atoms with Crippen LogP contribution in [0, 0.1) is 11.8 Å². The van der Waals surface area contributed by atoms with Gasteiger partial charge in [0.25, 0.3) is 5.91 Å². The van der Waals surface area contributed by atoms with E-state index >= 15 is 0 Å².